The Hall–Kier alpha value is -3.63. The summed E-state index contributed by atoms with van der Waals surface area (Å²) >= 11 is 0. The minimum Gasteiger partial charge on any atom is -0.465 e. The molecule has 146 valence electrons. The minimum absolute atomic E-state index is 0.257. The van der Waals surface area contributed by atoms with E-state index in [1.54, 1.807) is 12.1 Å². The Bertz CT molecular complexity index is 940. The molecule has 0 aliphatic carbocycles. The van der Waals surface area contributed by atoms with E-state index in [0.29, 0.717) is 22.9 Å². The maximum absolute atomic E-state index is 12.2. The molecular weight excluding hydrogens is 379 g/mol. The average molecular weight is 393 g/mol. The van der Waals surface area contributed by atoms with E-state index in [1.165, 1.54) is 48.6 Å². The number of benzene rings is 1. The number of hydrogen-bond acceptors (Lipinski definition) is 7. The molecule has 2 aromatic heterocycles. The zero-order valence-corrected chi connectivity index (χ0v) is 14.5. The first-order valence-electron chi connectivity index (χ1n) is 7.89. The molecule has 0 aliphatic rings. The normalized spacial score (nSPS) is 11.1. The molecule has 8 nitrogen and oxygen atoms in total. The Balaban J connectivity index is 1.60. The van der Waals surface area contributed by atoms with Crippen LogP contribution in [0.2, 0.25) is 0 Å². The number of carbonyl (C=O) groups excluding carboxylic acids is 1. The van der Waals surface area contributed by atoms with Gasteiger partial charge in [-0.1, -0.05) is 0 Å². The van der Waals surface area contributed by atoms with Gasteiger partial charge in [-0.3, -0.25) is 0 Å². The van der Waals surface area contributed by atoms with Crippen LogP contribution >= 0.6 is 0 Å². The van der Waals surface area contributed by atoms with Gasteiger partial charge in [-0.15, -0.1) is 18.3 Å². The van der Waals surface area contributed by atoms with Crippen molar-refractivity contribution in [3.63, 3.8) is 0 Å². The SMILES string of the molecule is COC(=O)c1ccc(NCc2ncn(-c3ccc(OC(F)(F)F)cc3)n2)nc1. The molecule has 3 aromatic rings. The number of nitrogens with one attached hydrogen (secondary N) is 1. The number of alkyl halides is 3. The van der Waals surface area contributed by atoms with Crippen molar-refractivity contribution < 1.29 is 27.4 Å². The number of halogens is 3. The van der Waals surface area contributed by atoms with Crippen molar-refractivity contribution in [2.24, 2.45) is 0 Å². The molecule has 0 amide bonds. The van der Waals surface area contributed by atoms with Crippen molar-refractivity contribution in [3.05, 3.63) is 60.3 Å². The van der Waals surface area contributed by atoms with E-state index in [2.05, 4.69) is 29.9 Å². The van der Waals surface area contributed by atoms with E-state index >= 15 is 0 Å². The van der Waals surface area contributed by atoms with E-state index < -0.39 is 12.3 Å². The molecule has 0 saturated carbocycles. The molecule has 28 heavy (non-hydrogen) atoms. The number of ether oxygens (including phenoxy) is 2. The summed E-state index contributed by atoms with van der Waals surface area (Å²) in [6.07, 6.45) is -1.92. The molecule has 0 spiro atoms. The molecule has 0 atom stereocenters. The summed E-state index contributed by atoms with van der Waals surface area (Å²) in [5, 5.41) is 7.24. The van der Waals surface area contributed by atoms with Gasteiger partial charge in [0.15, 0.2) is 5.82 Å². The third kappa shape index (κ3) is 4.96. The number of aromatic nitrogens is 4. The van der Waals surface area contributed by atoms with Crippen LogP contribution in [0.4, 0.5) is 19.0 Å². The Morgan fingerprint density at radius 3 is 2.50 bits per heavy atom. The number of anilines is 1. The van der Waals surface area contributed by atoms with Crippen molar-refractivity contribution in [3.8, 4) is 11.4 Å². The van der Waals surface area contributed by atoms with Crippen LogP contribution in [-0.2, 0) is 11.3 Å². The fourth-order valence-corrected chi connectivity index (χ4v) is 2.21. The van der Waals surface area contributed by atoms with E-state index in [0.717, 1.165) is 0 Å². The molecule has 1 N–H and O–H groups in total. The van der Waals surface area contributed by atoms with Crippen molar-refractivity contribution >= 4 is 11.8 Å². The number of rotatable bonds is 6. The van der Waals surface area contributed by atoms with Crippen LogP contribution in [0.15, 0.2) is 48.9 Å². The lowest BCUT2D eigenvalue weighted by molar-refractivity contribution is -0.274. The third-order valence-electron chi connectivity index (χ3n) is 3.49. The Morgan fingerprint density at radius 1 is 1.14 bits per heavy atom. The fraction of sp³-hybridized carbons (Fsp3) is 0.176. The van der Waals surface area contributed by atoms with Gasteiger partial charge >= 0.3 is 12.3 Å². The van der Waals surface area contributed by atoms with Crippen LogP contribution in [0.5, 0.6) is 5.75 Å². The monoisotopic (exact) mass is 393 g/mol. The molecule has 1 aromatic carbocycles. The van der Waals surface area contributed by atoms with E-state index in [4.69, 9.17) is 0 Å². The molecule has 0 radical (unpaired) electrons. The summed E-state index contributed by atoms with van der Waals surface area (Å²) in [7, 11) is 1.29. The van der Waals surface area contributed by atoms with Crippen LogP contribution in [0.3, 0.4) is 0 Å². The number of hydrogen-bond donors (Lipinski definition) is 1. The van der Waals surface area contributed by atoms with Crippen LogP contribution in [0.1, 0.15) is 16.2 Å². The molecule has 0 saturated heterocycles. The summed E-state index contributed by atoms with van der Waals surface area (Å²) in [4.78, 5) is 19.6. The summed E-state index contributed by atoms with van der Waals surface area (Å²) < 4.78 is 46.4. The number of esters is 1. The Kier molecular flexibility index (Phi) is 5.43. The van der Waals surface area contributed by atoms with Crippen molar-refractivity contribution in [2.75, 3.05) is 12.4 Å². The first kappa shape index (κ1) is 19.1. The van der Waals surface area contributed by atoms with Gasteiger partial charge in [0, 0.05) is 6.20 Å². The van der Waals surface area contributed by atoms with Gasteiger partial charge in [-0.2, -0.15) is 0 Å². The molecule has 0 unspecified atom stereocenters. The molecule has 2 heterocycles. The third-order valence-corrected chi connectivity index (χ3v) is 3.49. The smallest absolute Gasteiger partial charge is 0.465 e. The molecule has 0 fully saturated rings. The summed E-state index contributed by atoms with van der Waals surface area (Å²) in [5.41, 5.74) is 0.849. The minimum atomic E-state index is -4.74. The second-order valence-electron chi connectivity index (χ2n) is 5.42. The molecule has 0 bridgehead atoms. The number of carbonyl (C=O) groups is 1. The van der Waals surface area contributed by atoms with Crippen LogP contribution in [0, 0.1) is 0 Å². The standard InChI is InChI=1S/C17H14F3N5O3/c1-27-16(26)11-2-7-14(21-8-11)22-9-15-23-10-25(24-15)12-3-5-13(6-4-12)28-17(18,19)20/h2-8,10H,9H2,1H3,(H,21,22). The fourth-order valence-electron chi connectivity index (χ4n) is 2.21. The van der Waals surface area contributed by atoms with Gasteiger partial charge in [-0.05, 0) is 36.4 Å². The second kappa shape index (κ2) is 7.94. The van der Waals surface area contributed by atoms with E-state index in [9.17, 15) is 18.0 Å². The predicted octanol–water partition coefficient (Wildman–Crippen LogP) is 2.96. The lowest BCUT2D eigenvalue weighted by Crippen LogP contribution is -2.17. The molecule has 0 aliphatic heterocycles. The lowest BCUT2D eigenvalue weighted by Gasteiger charge is -2.09. The molecule has 3 rings (SSSR count). The maximum Gasteiger partial charge on any atom is 0.573 e. The number of nitrogens with zero attached hydrogens (tertiary/aromatic N) is 4. The Morgan fingerprint density at radius 2 is 1.89 bits per heavy atom. The maximum atomic E-state index is 12.2. The van der Waals surface area contributed by atoms with Gasteiger partial charge in [-0.25, -0.2) is 19.4 Å². The summed E-state index contributed by atoms with van der Waals surface area (Å²) in [6.45, 7) is 0.257. The first-order chi connectivity index (χ1) is 13.3. The van der Waals surface area contributed by atoms with Gasteiger partial charge in [0.2, 0.25) is 0 Å². The van der Waals surface area contributed by atoms with Crippen LogP contribution in [-0.4, -0.2) is 39.2 Å². The highest BCUT2D eigenvalue weighted by molar-refractivity contribution is 5.89. The topological polar surface area (TPSA) is 91.2 Å². The highest BCUT2D eigenvalue weighted by Gasteiger charge is 2.30. The van der Waals surface area contributed by atoms with E-state index in [-0.39, 0.29) is 12.3 Å². The largest absolute Gasteiger partial charge is 0.573 e. The highest BCUT2D eigenvalue weighted by Crippen LogP contribution is 2.23. The number of pyridine rings is 1. The van der Waals surface area contributed by atoms with Gasteiger partial charge in [0.25, 0.3) is 0 Å². The lowest BCUT2D eigenvalue weighted by atomic mass is 10.3. The highest BCUT2D eigenvalue weighted by atomic mass is 19.4. The van der Waals surface area contributed by atoms with Gasteiger partial charge < -0.3 is 14.8 Å². The van der Waals surface area contributed by atoms with Crippen molar-refractivity contribution in [1.29, 1.82) is 0 Å². The quantitative estimate of drug-likeness (QED) is 0.644. The number of methoxy groups -OCH3 is 1. The first-order valence-corrected chi connectivity index (χ1v) is 7.89. The second-order valence-corrected chi connectivity index (χ2v) is 5.42. The zero-order valence-electron chi connectivity index (χ0n) is 14.5. The van der Waals surface area contributed by atoms with Crippen LogP contribution in [0.25, 0.3) is 5.69 Å². The molecule has 11 heteroatoms. The zero-order chi connectivity index (χ0) is 20.1. The Labute approximate surface area is 156 Å². The molecular formula is C17H14F3N5O3. The van der Waals surface area contributed by atoms with Crippen LogP contribution < -0.4 is 10.1 Å². The van der Waals surface area contributed by atoms with E-state index in [1.807, 2.05) is 0 Å². The van der Waals surface area contributed by atoms with Gasteiger partial charge in [0.1, 0.15) is 17.9 Å². The predicted molar refractivity (Wildman–Crippen MR) is 90.9 cm³/mol. The van der Waals surface area contributed by atoms with Crippen molar-refractivity contribution in [1.82, 2.24) is 19.7 Å². The van der Waals surface area contributed by atoms with Crippen molar-refractivity contribution in [2.45, 2.75) is 12.9 Å². The van der Waals surface area contributed by atoms with Gasteiger partial charge in [0.05, 0.1) is 24.9 Å². The summed E-state index contributed by atoms with van der Waals surface area (Å²) in [6, 6.07) is 8.42. The average Bonchev–Trinajstić information content (AvgIpc) is 3.14. The summed E-state index contributed by atoms with van der Waals surface area (Å²) in [5.74, 6) is 0.151.